The van der Waals surface area contributed by atoms with Gasteiger partial charge >= 0.3 is 39.0 Å². The van der Waals surface area contributed by atoms with Crippen LogP contribution in [0.3, 0.4) is 0 Å². The summed E-state index contributed by atoms with van der Waals surface area (Å²) in [4.78, 5) is 45.6. The van der Waals surface area contributed by atoms with Crippen molar-refractivity contribution < 1.29 is 39.0 Å². The summed E-state index contributed by atoms with van der Waals surface area (Å²) in [5.41, 5.74) is 35.1. The molecule has 0 amide bonds. The average molecular weight is 1550 g/mol. The van der Waals surface area contributed by atoms with Crippen LogP contribution in [-0.2, 0) is 60.6 Å². The smallest absolute Gasteiger partial charge is 0.657 e. The van der Waals surface area contributed by atoms with Crippen molar-refractivity contribution >= 4 is 92.7 Å². The van der Waals surface area contributed by atoms with Crippen LogP contribution in [0.2, 0.25) is 0 Å². The zero-order valence-electron chi connectivity index (χ0n) is 66.4. The minimum atomic E-state index is -0.176. The molecule has 7 aromatic carbocycles. The molecule has 0 spiro atoms. The summed E-state index contributed by atoms with van der Waals surface area (Å²) in [6, 6.07) is 76.1. The molecule has 17 rings (SSSR count). The molecule has 0 N–H and O–H groups in total. The van der Waals surface area contributed by atoms with Gasteiger partial charge in [-0.3, -0.25) is 0 Å². The maximum atomic E-state index is 6.02. The summed E-state index contributed by atoms with van der Waals surface area (Å²) in [6.45, 7) is 31.7. The summed E-state index contributed by atoms with van der Waals surface area (Å²) in [5, 5.41) is 0. The molecule has 0 radical (unpaired) electrons. The molecule has 112 heavy (non-hydrogen) atoms. The number of hydrogen-bond acceptors (Lipinski definition) is 4. The Morgan fingerprint density at radius 3 is 0.652 bits per heavy atom. The first-order chi connectivity index (χ1) is 52.7. The Morgan fingerprint density at radius 2 is 0.438 bits per heavy atom. The van der Waals surface area contributed by atoms with Gasteiger partial charge < -0.3 is 19.9 Å². The van der Waals surface area contributed by atoms with Crippen LogP contribution >= 0.6 is 0 Å². The second-order valence-electron chi connectivity index (χ2n) is 33.7. The first-order valence-electron chi connectivity index (χ1n) is 38.1. The van der Waals surface area contributed by atoms with E-state index in [1.807, 2.05) is 18.2 Å². The molecule has 0 saturated heterocycles. The molecule has 0 atom stereocenters. The molecule has 4 aliphatic heterocycles. The van der Waals surface area contributed by atoms with Crippen LogP contribution in [-0.4, -0.2) is 19.9 Å². The van der Waals surface area contributed by atoms with E-state index in [-0.39, 0.29) is 60.6 Å². The van der Waals surface area contributed by atoms with Gasteiger partial charge in [-0.1, -0.05) is 300 Å². The zero-order valence-corrected chi connectivity index (χ0v) is 72.3. The number of hydrogen-bond donors (Lipinski definition) is 0. The second kappa shape index (κ2) is 29.3. The van der Waals surface area contributed by atoms with Gasteiger partial charge in [0.25, 0.3) is 0 Å². The van der Waals surface area contributed by atoms with E-state index in [1.165, 1.54) is 22.3 Å². The van der Waals surface area contributed by atoms with Gasteiger partial charge in [0.05, 0.1) is 45.6 Å². The van der Waals surface area contributed by atoms with Crippen molar-refractivity contribution in [2.75, 3.05) is 0 Å². The maximum absolute atomic E-state index is 6.02. The minimum absolute atomic E-state index is 0. The fourth-order valence-corrected chi connectivity index (χ4v) is 15.4. The zero-order chi connectivity index (χ0) is 76.3. The van der Waals surface area contributed by atoms with Crippen molar-refractivity contribution in [2.45, 2.75) is 119 Å². The first-order valence-corrected chi connectivity index (χ1v) is 38.1. The number of terminal acetylenes is 1. The first kappa shape index (κ1) is 75.9. The Balaban J connectivity index is 0.00000496. The molecule has 10 heteroatoms. The molecule has 4 aliphatic rings. The van der Waals surface area contributed by atoms with Gasteiger partial charge in [0.1, 0.15) is 0 Å². The third-order valence-electron chi connectivity index (χ3n) is 21.7. The van der Waals surface area contributed by atoms with Gasteiger partial charge in [-0.25, -0.2) is 19.9 Å². The van der Waals surface area contributed by atoms with Crippen LogP contribution < -0.4 is 19.9 Å². The van der Waals surface area contributed by atoms with Crippen LogP contribution in [0.15, 0.2) is 212 Å². The molecule has 0 unspecified atom stereocenters. The third kappa shape index (κ3) is 14.5. The Hall–Kier alpha value is -11.5. The molecule has 6 aromatic heterocycles. The third-order valence-corrected chi connectivity index (χ3v) is 21.7. The van der Waals surface area contributed by atoms with E-state index in [0.717, 1.165) is 195 Å². The van der Waals surface area contributed by atoms with Crippen molar-refractivity contribution in [2.24, 2.45) is 0 Å². The van der Waals surface area contributed by atoms with Crippen LogP contribution in [0.5, 0.6) is 0 Å². The Kier molecular flexibility index (Phi) is 19.9. The minimum Gasteiger partial charge on any atom is -0.657 e. The molecule has 8 nitrogen and oxygen atoms in total. The van der Waals surface area contributed by atoms with Crippen LogP contribution in [0.4, 0.5) is 0 Å². The number of rotatable bonds is 8. The summed E-state index contributed by atoms with van der Waals surface area (Å²) >= 11 is 0. The molecule has 538 valence electrons. The Labute approximate surface area is 683 Å². The van der Waals surface area contributed by atoms with E-state index in [9.17, 15) is 0 Å². The van der Waals surface area contributed by atoms with E-state index in [0.29, 0.717) is 0 Å². The topological polar surface area (TPSA) is 108 Å². The van der Waals surface area contributed by atoms with Crippen molar-refractivity contribution in [3.05, 3.63) is 297 Å². The van der Waals surface area contributed by atoms with E-state index >= 15 is 0 Å². The van der Waals surface area contributed by atoms with Crippen molar-refractivity contribution in [3.8, 4) is 101 Å². The summed E-state index contributed by atoms with van der Waals surface area (Å²) < 4.78 is 0. The van der Waals surface area contributed by atoms with Gasteiger partial charge in [0.2, 0.25) is 0 Å². The van der Waals surface area contributed by atoms with Gasteiger partial charge in [-0.05, 0) is 208 Å². The number of aromatic nitrogens is 8. The standard InChI is InChI=1S/C102H86N8.2Zn/c1-16-62-26-32-66(33-27-62)94-81-46-50-87(107-81)97(69-54-71(99(4,5)6)58-72(55-69)100(7,8)9)89-52-48-85(109-89)96(86-49-53-90(110-86)98(88-51-47-82(94)108-88)70-56-73(101(10,11)12)59-74(57-70)102(13,14)15)68-36-34-67(35-37-68)95-83-44-42-79(105-83)92(64-28-22-60(2)23-29-64)77-40-38-75(103-77)91(63-20-18-17-19-21-63)76-39-41-78(104-76)93(80-43-45-84(95)106-80)65-30-24-61(3)25-31-65;;/h1,17-59H,2-15H3;;/q-4;2*+2. The SMILES string of the molecule is C#Cc1ccc(-c2c3nc(c(-c4cc(C(C)(C)C)cc(C(C)(C)C)c4)c4ccc([n-]4)c(-c4ccc(-c5c6nc(c(-c7ccc(C)cc7)c7ccc([n-]7)c(-c7ccccc7)c7nc(c(-c8ccc(C)cc8)c8ccc5[n-]8)C=C7)C=C6)cc4)c4nc(c(-c5cc(C(C)(C)C)cc(C(C)(C)C)c5)c5ccc2[n-]5)C=C4)C=C3)cc1.[Zn+2].[Zn+2]. The summed E-state index contributed by atoms with van der Waals surface area (Å²) in [5.74, 6) is 2.84. The van der Waals surface area contributed by atoms with E-state index < -0.39 is 0 Å². The van der Waals surface area contributed by atoms with Gasteiger partial charge in [-0.15, -0.1) is 50.6 Å². The van der Waals surface area contributed by atoms with E-state index in [2.05, 4.69) is 346 Å². The molecule has 16 bridgehead atoms. The van der Waals surface area contributed by atoms with Crippen LogP contribution in [0.1, 0.15) is 168 Å². The molecule has 0 fully saturated rings. The molecule has 0 aliphatic carbocycles. The van der Waals surface area contributed by atoms with Crippen LogP contribution in [0.25, 0.3) is 182 Å². The van der Waals surface area contributed by atoms with Gasteiger partial charge in [0.15, 0.2) is 0 Å². The normalized spacial score (nSPS) is 12.6. The monoisotopic (exact) mass is 1550 g/mol. The Bertz CT molecular complexity index is 6290. The summed E-state index contributed by atoms with van der Waals surface area (Å²) in [7, 11) is 0. The number of fused-ring (bicyclic) bond motifs is 16. The van der Waals surface area contributed by atoms with Gasteiger partial charge in [-0.2, -0.15) is 0 Å². The van der Waals surface area contributed by atoms with Crippen molar-refractivity contribution in [3.63, 3.8) is 0 Å². The average Bonchev–Trinajstić information content (AvgIpc) is 1.59. The fraction of sp³-hybridized carbons (Fsp3) is 0.176. The van der Waals surface area contributed by atoms with Crippen molar-refractivity contribution in [1.29, 1.82) is 0 Å². The predicted octanol–water partition coefficient (Wildman–Crippen LogP) is 25.3. The summed E-state index contributed by atoms with van der Waals surface area (Å²) in [6.07, 6.45) is 23.2. The largest absolute Gasteiger partial charge is 2.00 e. The number of nitrogens with zero attached hydrogens (tertiary/aromatic N) is 8. The number of aryl methyl sites for hydroxylation is 2. The molecule has 13 aromatic rings. The number of benzene rings is 7. The molecular formula is C102H86N8Zn2. The fourth-order valence-electron chi connectivity index (χ4n) is 15.4. The van der Waals surface area contributed by atoms with Gasteiger partial charge in [0, 0.05) is 5.56 Å². The maximum Gasteiger partial charge on any atom is 2.00 e. The van der Waals surface area contributed by atoms with E-state index in [1.54, 1.807) is 0 Å². The van der Waals surface area contributed by atoms with Crippen LogP contribution in [0, 0.1) is 26.2 Å². The second-order valence-corrected chi connectivity index (χ2v) is 33.7. The molecule has 10 heterocycles. The predicted molar refractivity (Wildman–Crippen MR) is 463 cm³/mol. The molecule has 0 saturated carbocycles. The van der Waals surface area contributed by atoms with E-state index in [4.69, 9.17) is 46.3 Å². The Morgan fingerprint density at radius 1 is 0.241 bits per heavy atom. The quantitative estimate of drug-likeness (QED) is 0.109. The molecular weight excluding hydrogens is 1470 g/mol. The van der Waals surface area contributed by atoms with Crippen molar-refractivity contribution in [1.82, 2.24) is 39.9 Å².